The van der Waals surface area contributed by atoms with Gasteiger partial charge in [0.15, 0.2) is 0 Å². The largest absolute Gasteiger partial charge is 0.497 e. The van der Waals surface area contributed by atoms with Gasteiger partial charge in [-0.25, -0.2) is 0 Å². The Kier molecular flexibility index (Phi) is 7.08. The minimum Gasteiger partial charge on any atom is -0.497 e. The van der Waals surface area contributed by atoms with Crippen molar-refractivity contribution in [3.05, 3.63) is 24.3 Å². The molecule has 0 radical (unpaired) electrons. The first-order valence-corrected chi connectivity index (χ1v) is 6.85. The Morgan fingerprint density at radius 2 is 1.62 bits per heavy atom. The van der Waals surface area contributed by atoms with E-state index in [9.17, 15) is 9.59 Å². The number of carbonyl (C=O) groups is 2. The average molecular weight is 294 g/mol. The van der Waals surface area contributed by atoms with E-state index in [4.69, 9.17) is 9.47 Å². The number of benzene rings is 1. The third-order valence-electron chi connectivity index (χ3n) is 2.59. The Morgan fingerprint density at radius 3 is 2.19 bits per heavy atom. The molecule has 0 heterocycles. The van der Waals surface area contributed by atoms with Crippen molar-refractivity contribution in [2.75, 3.05) is 26.8 Å². The van der Waals surface area contributed by atoms with Gasteiger partial charge in [-0.15, -0.1) is 0 Å². The summed E-state index contributed by atoms with van der Waals surface area (Å²) < 4.78 is 10.5. The van der Waals surface area contributed by atoms with Gasteiger partial charge in [-0.05, 0) is 30.2 Å². The molecule has 0 unspecified atom stereocenters. The minimum absolute atomic E-state index is 0.264. The van der Waals surface area contributed by atoms with Crippen LogP contribution in [0.4, 0.5) is 0 Å². The third kappa shape index (κ3) is 6.65. The number of amides is 2. The maximum Gasteiger partial charge on any atom is 0.309 e. The van der Waals surface area contributed by atoms with E-state index >= 15 is 0 Å². The Bertz CT molecular complexity index is 457. The van der Waals surface area contributed by atoms with Gasteiger partial charge < -0.3 is 20.1 Å². The fraction of sp³-hybridized carbons (Fsp3) is 0.467. The van der Waals surface area contributed by atoms with Crippen molar-refractivity contribution in [2.24, 2.45) is 5.92 Å². The molecule has 0 saturated heterocycles. The van der Waals surface area contributed by atoms with Crippen LogP contribution in [0.1, 0.15) is 13.8 Å². The normalized spacial score (nSPS) is 10.1. The molecule has 0 saturated carbocycles. The van der Waals surface area contributed by atoms with E-state index in [1.807, 2.05) is 13.8 Å². The van der Waals surface area contributed by atoms with Crippen LogP contribution in [0.25, 0.3) is 0 Å². The molecule has 2 amide bonds. The van der Waals surface area contributed by atoms with Crippen molar-refractivity contribution in [1.29, 1.82) is 0 Å². The topological polar surface area (TPSA) is 76.7 Å². The molecule has 1 aromatic rings. The second kappa shape index (κ2) is 8.84. The number of rotatable bonds is 7. The third-order valence-corrected chi connectivity index (χ3v) is 2.59. The van der Waals surface area contributed by atoms with Gasteiger partial charge in [0.1, 0.15) is 18.1 Å². The molecule has 0 aliphatic rings. The van der Waals surface area contributed by atoms with Crippen molar-refractivity contribution >= 4 is 11.8 Å². The van der Waals surface area contributed by atoms with Gasteiger partial charge >= 0.3 is 11.8 Å². The predicted octanol–water partition coefficient (Wildman–Crippen LogP) is 0.962. The zero-order chi connectivity index (χ0) is 15.7. The molecule has 0 bridgehead atoms. The quantitative estimate of drug-likeness (QED) is 0.580. The molecule has 0 atom stereocenters. The SMILES string of the molecule is COc1ccc(OCCNC(=O)C(=O)NCC(C)C)cc1. The Hall–Kier alpha value is -2.24. The summed E-state index contributed by atoms with van der Waals surface area (Å²) in [4.78, 5) is 22.9. The molecule has 1 aromatic carbocycles. The highest BCUT2D eigenvalue weighted by Gasteiger charge is 2.12. The van der Waals surface area contributed by atoms with Crippen LogP contribution >= 0.6 is 0 Å². The number of nitrogens with one attached hydrogen (secondary N) is 2. The molecule has 1 rings (SSSR count). The monoisotopic (exact) mass is 294 g/mol. The van der Waals surface area contributed by atoms with Crippen molar-refractivity contribution in [1.82, 2.24) is 10.6 Å². The molecular weight excluding hydrogens is 272 g/mol. The van der Waals surface area contributed by atoms with Crippen molar-refractivity contribution in [3.63, 3.8) is 0 Å². The molecule has 6 nitrogen and oxygen atoms in total. The molecule has 21 heavy (non-hydrogen) atoms. The first kappa shape index (κ1) is 16.8. The van der Waals surface area contributed by atoms with Crippen molar-refractivity contribution < 1.29 is 19.1 Å². The second-order valence-electron chi connectivity index (χ2n) is 4.88. The summed E-state index contributed by atoms with van der Waals surface area (Å²) >= 11 is 0. The maximum absolute atomic E-state index is 11.5. The first-order valence-electron chi connectivity index (χ1n) is 6.85. The molecule has 2 N–H and O–H groups in total. The summed E-state index contributed by atoms with van der Waals surface area (Å²) in [5.74, 6) is 0.467. The molecule has 6 heteroatoms. The van der Waals surface area contributed by atoms with Gasteiger partial charge in [0.05, 0.1) is 13.7 Å². The summed E-state index contributed by atoms with van der Waals surface area (Å²) in [5.41, 5.74) is 0. The number of hydrogen-bond acceptors (Lipinski definition) is 4. The molecule has 0 aliphatic carbocycles. The lowest BCUT2D eigenvalue weighted by Gasteiger charge is -2.09. The van der Waals surface area contributed by atoms with Gasteiger partial charge in [-0.2, -0.15) is 0 Å². The molecule has 0 aliphatic heterocycles. The smallest absolute Gasteiger partial charge is 0.309 e. The zero-order valence-corrected chi connectivity index (χ0v) is 12.6. The molecule has 116 valence electrons. The van der Waals surface area contributed by atoms with Crippen LogP contribution in [-0.2, 0) is 9.59 Å². The van der Waals surface area contributed by atoms with Crippen LogP contribution in [0, 0.1) is 5.92 Å². The van der Waals surface area contributed by atoms with Crippen LogP contribution in [0.5, 0.6) is 11.5 Å². The highest BCUT2D eigenvalue weighted by atomic mass is 16.5. The summed E-state index contributed by atoms with van der Waals surface area (Å²) in [6.45, 7) is 4.95. The van der Waals surface area contributed by atoms with Gasteiger partial charge in [0, 0.05) is 6.54 Å². The van der Waals surface area contributed by atoms with Crippen LogP contribution in [0.15, 0.2) is 24.3 Å². The summed E-state index contributed by atoms with van der Waals surface area (Å²) in [7, 11) is 1.59. The highest BCUT2D eigenvalue weighted by molar-refractivity contribution is 6.35. The number of methoxy groups -OCH3 is 1. The maximum atomic E-state index is 11.5. The van der Waals surface area contributed by atoms with Crippen LogP contribution < -0.4 is 20.1 Å². The van der Waals surface area contributed by atoms with Crippen LogP contribution in [-0.4, -0.2) is 38.6 Å². The molecule has 0 spiro atoms. The second-order valence-corrected chi connectivity index (χ2v) is 4.88. The van der Waals surface area contributed by atoms with Gasteiger partial charge in [0.2, 0.25) is 0 Å². The lowest BCUT2D eigenvalue weighted by molar-refractivity contribution is -0.139. The average Bonchev–Trinajstić information content (AvgIpc) is 2.49. The van der Waals surface area contributed by atoms with E-state index in [0.29, 0.717) is 18.2 Å². The van der Waals surface area contributed by atoms with Crippen LogP contribution in [0.3, 0.4) is 0 Å². The van der Waals surface area contributed by atoms with Gasteiger partial charge in [0.25, 0.3) is 0 Å². The zero-order valence-electron chi connectivity index (χ0n) is 12.6. The van der Waals surface area contributed by atoms with Crippen molar-refractivity contribution in [2.45, 2.75) is 13.8 Å². The fourth-order valence-corrected chi connectivity index (χ4v) is 1.46. The number of ether oxygens (including phenoxy) is 2. The van der Waals surface area contributed by atoms with Gasteiger partial charge in [-0.3, -0.25) is 9.59 Å². The lowest BCUT2D eigenvalue weighted by atomic mass is 10.2. The Balaban J connectivity index is 2.20. The predicted molar refractivity (Wildman–Crippen MR) is 79.3 cm³/mol. The standard InChI is InChI=1S/C15H22N2O4/c1-11(2)10-17-15(19)14(18)16-8-9-21-13-6-4-12(20-3)5-7-13/h4-7,11H,8-10H2,1-3H3,(H,16,18)(H,17,19). The Labute approximate surface area is 124 Å². The summed E-state index contributed by atoms with van der Waals surface area (Å²) in [6, 6.07) is 7.12. The minimum atomic E-state index is -0.644. The fourth-order valence-electron chi connectivity index (χ4n) is 1.46. The van der Waals surface area contributed by atoms with E-state index in [1.54, 1.807) is 31.4 Å². The van der Waals surface area contributed by atoms with E-state index < -0.39 is 11.8 Å². The van der Waals surface area contributed by atoms with Crippen LogP contribution in [0.2, 0.25) is 0 Å². The van der Waals surface area contributed by atoms with Crippen molar-refractivity contribution in [3.8, 4) is 11.5 Å². The number of carbonyl (C=O) groups excluding carboxylic acids is 2. The van der Waals surface area contributed by atoms with E-state index in [0.717, 1.165) is 5.75 Å². The molecular formula is C15H22N2O4. The number of hydrogen-bond donors (Lipinski definition) is 2. The molecule has 0 aromatic heterocycles. The first-order chi connectivity index (χ1) is 10.0. The summed E-state index contributed by atoms with van der Waals surface area (Å²) in [6.07, 6.45) is 0. The molecule has 0 fully saturated rings. The summed E-state index contributed by atoms with van der Waals surface area (Å²) in [5, 5.41) is 5.05. The highest BCUT2D eigenvalue weighted by Crippen LogP contribution is 2.16. The van der Waals surface area contributed by atoms with E-state index in [-0.39, 0.29) is 13.2 Å². The van der Waals surface area contributed by atoms with Gasteiger partial charge in [-0.1, -0.05) is 13.8 Å². The van der Waals surface area contributed by atoms with E-state index in [2.05, 4.69) is 10.6 Å². The van der Waals surface area contributed by atoms with E-state index in [1.165, 1.54) is 0 Å². The Morgan fingerprint density at radius 1 is 1.05 bits per heavy atom. The lowest BCUT2D eigenvalue weighted by Crippen LogP contribution is -2.42.